The molecule has 0 heterocycles. The fourth-order valence-corrected chi connectivity index (χ4v) is 3.12. The summed E-state index contributed by atoms with van der Waals surface area (Å²) >= 11 is 0. The Hall–Kier alpha value is -1.31. The van der Waals surface area contributed by atoms with Crippen LogP contribution in [0, 0.1) is 0 Å². The van der Waals surface area contributed by atoms with E-state index in [4.69, 9.17) is 10.5 Å². The molecule has 0 saturated carbocycles. The second-order valence-corrected chi connectivity index (χ2v) is 7.25. The summed E-state index contributed by atoms with van der Waals surface area (Å²) in [5.41, 5.74) is 7.29. The van der Waals surface area contributed by atoms with Crippen LogP contribution in [0.25, 0.3) is 0 Å². The van der Waals surface area contributed by atoms with Crippen LogP contribution < -0.4 is 10.6 Å². The van der Waals surface area contributed by atoms with Crippen molar-refractivity contribution in [3.05, 3.63) is 18.2 Å². The van der Waals surface area contributed by atoms with Crippen molar-refractivity contribution in [3.8, 4) is 0 Å². The third-order valence-corrected chi connectivity index (χ3v) is 5.18. The Bertz CT molecular complexity index is 573. The zero-order chi connectivity index (χ0) is 16.2. The van der Waals surface area contributed by atoms with Crippen molar-refractivity contribution >= 4 is 21.4 Å². The van der Waals surface area contributed by atoms with Gasteiger partial charge in [-0.3, -0.25) is 0 Å². The lowest BCUT2D eigenvalue weighted by Crippen LogP contribution is -2.36. The first kappa shape index (κ1) is 17.7. The number of sulfonamides is 1. The lowest BCUT2D eigenvalue weighted by Gasteiger charge is -2.31. The number of methoxy groups -OCH3 is 1. The Kier molecular flexibility index (Phi) is 6.00. The maximum Gasteiger partial charge on any atom is 0.242 e. The summed E-state index contributed by atoms with van der Waals surface area (Å²) < 4.78 is 30.9. The molecular formula is C14H25N3O3S. The first-order valence-electron chi connectivity index (χ1n) is 6.83. The largest absolute Gasteiger partial charge is 0.397 e. The van der Waals surface area contributed by atoms with E-state index in [0.29, 0.717) is 24.5 Å². The van der Waals surface area contributed by atoms with Gasteiger partial charge in [0.05, 0.1) is 22.9 Å². The summed E-state index contributed by atoms with van der Waals surface area (Å²) in [5, 5.41) is 0. The van der Waals surface area contributed by atoms with Gasteiger partial charge < -0.3 is 15.4 Å². The molecule has 0 bridgehead atoms. The number of anilines is 2. The molecule has 1 atom stereocenters. The number of likely N-dealkylation sites (N-methyl/N-ethyl adjacent to an activating group) is 1. The molecule has 0 fully saturated rings. The van der Waals surface area contributed by atoms with Crippen LogP contribution in [-0.4, -0.2) is 53.1 Å². The van der Waals surface area contributed by atoms with E-state index in [1.54, 1.807) is 19.2 Å². The Balaban J connectivity index is 3.30. The SMILES string of the molecule is CCN(c1cc(S(=O)(=O)N(C)C)ccc1N)C(C)COC. The molecule has 0 aromatic heterocycles. The first-order valence-corrected chi connectivity index (χ1v) is 8.27. The normalized spacial score (nSPS) is 13.4. The zero-order valence-corrected chi connectivity index (χ0v) is 14.1. The number of rotatable bonds is 7. The molecule has 21 heavy (non-hydrogen) atoms. The second kappa shape index (κ2) is 7.11. The Morgan fingerprint density at radius 1 is 1.33 bits per heavy atom. The lowest BCUT2D eigenvalue weighted by molar-refractivity contribution is 0.182. The quantitative estimate of drug-likeness (QED) is 0.769. The van der Waals surface area contributed by atoms with E-state index in [9.17, 15) is 8.42 Å². The standard InChI is InChI=1S/C14H25N3O3S/c1-6-17(11(2)10-20-5)14-9-12(7-8-13(14)15)21(18,19)16(3)4/h7-9,11H,6,10,15H2,1-5H3. The summed E-state index contributed by atoms with van der Waals surface area (Å²) in [4.78, 5) is 2.27. The number of benzene rings is 1. The number of nitrogen functional groups attached to an aromatic ring is 1. The van der Waals surface area contributed by atoms with Crippen LogP contribution in [0.5, 0.6) is 0 Å². The van der Waals surface area contributed by atoms with Gasteiger partial charge in [-0.05, 0) is 32.0 Å². The van der Waals surface area contributed by atoms with Gasteiger partial charge in [-0.2, -0.15) is 0 Å². The van der Waals surface area contributed by atoms with E-state index in [1.807, 2.05) is 18.7 Å². The van der Waals surface area contributed by atoms with Gasteiger partial charge in [-0.15, -0.1) is 0 Å². The van der Waals surface area contributed by atoms with Crippen LogP contribution in [0.4, 0.5) is 11.4 Å². The Labute approximate surface area is 127 Å². The van der Waals surface area contributed by atoms with Gasteiger partial charge in [0.25, 0.3) is 0 Å². The fourth-order valence-electron chi connectivity index (χ4n) is 2.19. The molecule has 0 aliphatic rings. The highest BCUT2D eigenvalue weighted by Crippen LogP contribution is 2.29. The van der Waals surface area contributed by atoms with Crippen LogP contribution in [0.3, 0.4) is 0 Å². The van der Waals surface area contributed by atoms with Gasteiger partial charge in [-0.25, -0.2) is 12.7 Å². The van der Waals surface area contributed by atoms with E-state index in [0.717, 1.165) is 0 Å². The van der Waals surface area contributed by atoms with Crippen molar-refractivity contribution in [3.63, 3.8) is 0 Å². The minimum atomic E-state index is -3.48. The molecule has 1 aromatic carbocycles. The monoisotopic (exact) mass is 315 g/mol. The predicted octanol–water partition coefficient (Wildman–Crippen LogP) is 1.38. The molecule has 6 nitrogen and oxygen atoms in total. The smallest absolute Gasteiger partial charge is 0.242 e. The second-order valence-electron chi connectivity index (χ2n) is 5.10. The molecule has 0 aliphatic heterocycles. The summed E-state index contributed by atoms with van der Waals surface area (Å²) in [5.74, 6) is 0. The van der Waals surface area contributed by atoms with Crippen LogP contribution >= 0.6 is 0 Å². The molecule has 0 saturated heterocycles. The Morgan fingerprint density at radius 2 is 1.95 bits per heavy atom. The first-order chi connectivity index (χ1) is 9.75. The highest BCUT2D eigenvalue weighted by Gasteiger charge is 2.21. The van der Waals surface area contributed by atoms with Crippen molar-refractivity contribution in [2.75, 3.05) is 45.0 Å². The highest BCUT2D eigenvalue weighted by molar-refractivity contribution is 7.89. The average molecular weight is 315 g/mol. The van der Waals surface area contributed by atoms with Crippen molar-refractivity contribution in [2.45, 2.75) is 24.8 Å². The van der Waals surface area contributed by atoms with Gasteiger partial charge in [0, 0.05) is 33.8 Å². The van der Waals surface area contributed by atoms with Crippen molar-refractivity contribution in [2.24, 2.45) is 0 Å². The maximum absolute atomic E-state index is 12.2. The summed E-state index contributed by atoms with van der Waals surface area (Å²) in [6, 6.07) is 4.89. The lowest BCUT2D eigenvalue weighted by atomic mass is 10.2. The molecule has 1 aromatic rings. The number of ether oxygens (including phenoxy) is 1. The van der Waals surface area contributed by atoms with Crippen LogP contribution in [0.1, 0.15) is 13.8 Å². The zero-order valence-electron chi connectivity index (χ0n) is 13.3. The molecule has 0 amide bonds. The van der Waals surface area contributed by atoms with E-state index in [-0.39, 0.29) is 10.9 Å². The van der Waals surface area contributed by atoms with Gasteiger partial charge >= 0.3 is 0 Å². The predicted molar refractivity (Wildman–Crippen MR) is 86.1 cm³/mol. The van der Waals surface area contributed by atoms with Crippen molar-refractivity contribution in [1.29, 1.82) is 0 Å². The number of nitrogens with zero attached hydrogens (tertiary/aromatic N) is 2. The molecule has 2 N–H and O–H groups in total. The summed E-state index contributed by atoms with van der Waals surface area (Å²) in [6.07, 6.45) is 0. The molecule has 0 spiro atoms. The minimum Gasteiger partial charge on any atom is -0.397 e. The number of hydrogen-bond acceptors (Lipinski definition) is 5. The van der Waals surface area contributed by atoms with E-state index in [2.05, 4.69) is 0 Å². The number of hydrogen-bond donors (Lipinski definition) is 1. The van der Waals surface area contributed by atoms with Crippen molar-refractivity contribution < 1.29 is 13.2 Å². The molecule has 120 valence electrons. The minimum absolute atomic E-state index is 0.0969. The van der Waals surface area contributed by atoms with Gasteiger partial charge in [0.1, 0.15) is 0 Å². The van der Waals surface area contributed by atoms with E-state index >= 15 is 0 Å². The van der Waals surface area contributed by atoms with Gasteiger partial charge in [-0.1, -0.05) is 0 Å². The molecule has 1 rings (SSSR count). The third kappa shape index (κ3) is 3.87. The summed E-state index contributed by atoms with van der Waals surface area (Å²) in [7, 11) is 1.18. The van der Waals surface area contributed by atoms with Gasteiger partial charge in [0.15, 0.2) is 0 Å². The Morgan fingerprint density at radius 3 is 2.43 bits per heavy atom. The maximum atomic E-state index is 12.2. The summed E-state index contributed by atoms with van der Waals surface area (Å²) in [6.45, 7) is 5.26. The van der Waals surface area contributed by atoms with E-state index in [1.165, 1.54) is 24.5 Å². The van der Waals surface area contributed by atoms with Crippen LogP contribution in [0.15, 0.2) is 23.1 Å². The van der Waals surface area contributed by atoms with Crippen LogP contribution in [-0.2, 0) is 14.8 Å². The molecule has 0 aliphatic carbocycles. The van der Waals surface area contributed by atoms with Gasteiger partial charge in [0.2, 0.25) is 10.0 Å². The fraction of sp³-hybridized carbons (Fsp3) is 0.571. The molecular weight excluding hydrogens is 290 g/mol. The highest BCUT2D eigenvalue weighted by atomic mass is 32.2. The molecule has 0 radical (unpaired) electrons. The molecule has 7 heteroatoms. The average Bonchev–Trinajstić information content (AvgIpc) is 2.41. The molecule has 1 unspecified atom stereocenters. The third-order valence-electron chi connectivity index (χ3n) is 3.37. The van der Waals surface area contributed by atoms with Crippen LogP contribution in [0.2, 0.25) is 0 Å². The van der Waals surface area contributed by atoms with Crippen molar-refractivity contribution in [1.82, 2.24) is 4.31 Å². The topological polar surface area (TPSA) is 75.9 Å². The van der Waals surface area contributed by atoms with E-state index < -0.39 is 10.0 Å². The number of nitrogens with two attached hydrogens (primary N) is 1.